The number of hydrogen-bond acceptors (Lipinski definition) is 4. The Labute approximate surface area is 94.0 Å². The fourth-order valence-electron chi connectivity index (χ4n) is 1.25. The number of nitrogens with one attached hydrogen (secondary N) is 1. The molecule has 90 valence electrons. The molecule has 0 amide bonds. The van der Waals surface area contributed by atoms with Gasteiger partial charge in [-0.15, -0.1) is 0 Å². The zero-order valence-corrected chi connectivity index (χ0v) is 9.37. The van der Waals surface area contributed by atoms with Crippen LogP contribution in [-0.2, 0) is 4.74 Å². The predicted octanol–water partition coefficient (Wildman–Crippen LogP) is 1.25. The lowest BCUT2D eigenvalue weighted by atomic mass is 10.2. The van der Waals surface area contributed by atoms with Crippen molar-refractivity contribution < 1.29 is 19.0 Å². The van der Waals surface area contributed by atoms with Crippen LogP contribution in [0.15, 0.2) is 18.2 Å². The number of aliphatic hydroxyl groups is 1. The third-order valence-corrected chi connectivity index (χ3v) is 2.06. The summed E-state index contributed by atoms with van der Waals surface area (Å²) in [5.41, 5.74) is 0.300. The van der Waals surface area contributed by atoms with Crippen LogP contribution in [0.2, 0.25) is 0 Å². The molecular formula is C11H16FNO3. The molecule has 0 aromatic heterocycles. The average Bonchev–Trinajstić information content (AvgIpc) is 2.28. The largest absolute Gasteiger partial charge is 0.497 e. The lowest BCUT2D eigenvalue weighted by Crippen LogP contribution is -2.24. The fraction of sp³-hybridized carbons (Fsp3) is 0.455. The molecule has 0 radical (unpaired) electrons. The molecule has 5 heteroatoms. The Bertz CT molecular complexity index is 333. The van der Waals surface area contributed by atoms with Gasteiger partial charge in [-0.3, -0.25) is 0 Å². The lowest BCUT2D eigenvalue weighted by molar-refractivity contribution is 0.0727. The van der Waals surface area contributed by atoms with Crippen molar-refractivity contribution in [1.29, 1.82) is 0 Å². The average molecular weight is 229 g/mol. The highest BCUT2D eigenvalue weighted by Gasteiger charge is 2.07. The summed E-state index contributed by atoms with van der Waals surface area (Å²) in [5, 5.41) is 12.2. The minimum absolute atomic E-state index is 0.207. The molecule has 1 unspecified atom stereocenters. The molecule has 0 aliphatic carbocycles. The maximum absolute atomic E-state index is 13.3. The number of benzene rings is 1. The van der Waals surface area contributed by atoms with E-state index in [0.717, 1.165) is 0 Å². The molecule has 1 rings (SSSR count). The van der Waals surface area contributed by atoms with Crippen LogP contribution in [-0.4, -0.2) is 38.6 Å². The van der Waals surface area contributed by atoms with E-state index in [1.165, 1.54) is 32.4 Å². The van der Waals surface area contributed by atoms with E-state index in [0.29, 0.717) is 11.4 Å². The second kappa shape index (κ2) is 6.30. The van der Waals surface area contributed by atoms with Crippen LogP contribution in [0.25, 0.3) is 0 Å². The Kier molecular flexibility index (Phi) is 5.01. The van der Waals surface area contributed by atoms with E-state index in [1.807, 2.05) is 0 Å². The van der Waals surface area contributed by atoms with E-state index in [2.05, 4.69) is 5.32 Å². The van der Waals surface area contributed by atoms with Crippen molar-refractivity contribution in [3.63, 3.8) is 0 Å². The molecule has 0 spiro atoms. The van der Waals surface area contributed by atoms with Gasteiger partial charge in [-0.2, -0.15) is 0 Å². The Hall–Kier alpha value is -1.33. The minimum atomic E-state index is -0.671. The summed E-state index contributed by atoms with van der Waals surface area (Å²) in [6.45, 7) is 0.427. The van der Waals surface area contributed by atoms with E-state index in [4.69, 9.17) is 9.47 Å². The van der Waals surface area contributed by atoms with E-state index in [-0.39, 0.29) is 19.0 Å². The van der Waals surface area contributed by atoms with Gasteiger partial charge >= 0.3 is 0 Å². The Morgan fingerprint density at radius 1 is 1.44 bits per heavy atom. The number of halogens is 1. The molecule has 0 saturated carbocycles. The molecule has 0 aliphatic heterocycles. The second-order valence-corrected chi connectivity index (χ2v) is 3.34. The number of ether oxygens (including phenoxy) is 2. The quantitative estimate of drug-likeness (QED) is 0.771. The summed E-state index contributed by atoms with van der Waals surface area (Å²) in [4.78, 5) is 0. The van der Waals surface area contributed by atoms with Crippen molar-refractivity contribution in [3.05, 3.63) is 24.0 Å². The molecule has 0 heterocycles. The van der Waals surface area contributed by atoms with Crippen molar-refractivity contribution in [1.82, 2.24) is 0 Å². The molecule has 0 bridgehead atoms. The number of aliphatic hydroxyl groups excluding tert-OH is 1. The van der Waals surface area contributed by atoms with Gasteiger partial charge in [-0.05, 0) is 12.1 Å². The van der Waals surface area contributed by atoms with Crippen LogP contribution in [0.4, 0.5) is 10.1 Å². The van der Waals surface area contributed by atoms with Crippen molar-refractivity contribution >= 4 is 5.69 Å². The minimum Gasteiger partial charge on any atom is -0.497 e. The summed E-state index contributed by atoms with van der Waals surface area (Å²) >= 11 is 0. The SMILES string of the molecule is COCC(O)CNc1cc(OC)ccc1F. The maximum Gasteiger partial charge on any atom is 0.146 e. The van der Waals surface area contributed by atoms with Crippen molar-refractivity contribution in [2.45, 2.75) is 6.10 Å². The van der Waals surface area contributed by atoms with Crippen LogP contribution in [0.5, 0.6) is 5.75 Å². The van der Waals surface area contributed by atoms with Crippen LogP contribution < -0.4 is 10.1 Å². The van der Waals surface area contributed by atoms with Gasteiger partial charge in [-0.1, -0.05) is 0 Å². The first-order valence-corrected chi connectivity index (χ1v) is 4.91. The summed E-state index contributed by atoms with van der Waals surface area (Å²) < 4.78 is 23.0. The van der Waals surface area contributed by atoms with E-state index < -0.39 is 6.10 Å². The van der Waals surface area contributed by atoms with Crippen molar-refractivity contribution in [2.75, 3.05) is 32.7 Å². The number of hydrogen-bond donors (Lipinski definition) is 2. The highest BCUT2D eigenvalue weighted by Crippen LogP contribution is 2.20. The highest BCUT2D eigenvalue weighted by atomic mass is 19.1. The van der Waals surface area contributed by atoms with Crippen LogP contribution in [0.3, 0.4) is 0 Å². The van der Waals surface area contributed by atoms with Gasteiger partial charge < -0.3 is 19.9 Å². The van der Waals surface area contributed by atoms with E-state index in [1.54, 1.807) is 0 Å². The standard InChI is InChI=1S/C11H16FNO3/c1-15-7-8(14)6-13-11-5-9(16-2)3-4-10(11)12/h3-5,8,13-14H,6-7H2,1-2H3. The van der Waals surface area contributed by atoms with Crippen LogP contribution in [0, 0.1) is 5.82 Å². The van der Waals surface area contributed by atoms with E-state index in [9.17, 15) is 9.50 Å². The molecule has 0 fully saturated rings. The van der Waals surface area contributed by atoms with Gasteiger partial charge in [0.05, 0.1) is 25.5 Å². The molecule has 0 saturated heterocycles. The van der Waals surface area contributed by atoms with Gasteiger partial charge in [0.2, 0.25) is 0 Å². The van der Waals surface area contributed by atoms with Gasteiger partial charge in [-0.25, -0.2) is 4.39 Å². The topological polar surface area (TPSA) is 50.7 Å². The molecule has 16 heavy (non-hydrogen) atoms. The maximum atomic E-state index is 13.3. The monoisotopic (exact) mass is 229 g/mol. The summed E-state index contributed by atoms with van der Waals surface area (Å²) in [6, 6.07) is 4.38. The van der Waals surface area contributed by atoms with Crippen LogP contribution in [0.1, 0.15) is 0 Å². The Morgan fingerprint density at radius 3 is 2.81 bits per heavy atom. The van der Waals surface area contributed by atoms with Gasteiger partial charge in [0.25, 0.3) is 0 Å². The molecule has 1 aromatic rings. The van der Waals surface area contributed by atoms with Crippen molar-refractivity contribution in [3.8, 4) is 5.75 Å². The Balaban J connectivity index is 2.58. The van der Waals surface area contributed by atoms with Gasteiger partial charge in [0.1, 0.15) is 11.6 Å². The third-order valence-electron chi connectivity index (χ3n) is 2.06. The third kappa shape index (κ3) is 3.67. The smallest absolute Gasteiger partial charge is 0.146 e. The van der Waals surface area contributed by atoms with Gasteiger partial charge in [0, 0.05) is 19.7 Å². The first-order valence-electron chi connectivity index (χ1n) is 4.91. The van der Waals surface area contributed by atoms with Gasteiger partial charge in [0.15, 0.2) is 0 Å². The second-order valence-electron chi connectivity index (χ2n) is 3.34. The normalized spacial score (nSPS) is 12.2. The first kappa shape index (κ1) is 12.7. The molecular weight excluding hydrogens is 213 g/mol. The zero-order chi connectivity index (χ0) is 12.0. The molecule has 0 aliphatic rings. The van der Waals surface area contributed by atoms with Crippen molar-refractivity contribution in [2.24, 2.45) is 0 Å². The summed E-state index contributed by atoms with van der Waals surface area (Å²) in [7, 11) is 3.01. The molecule has 2 N–H and O–H groups in total. The first-order chi connectivity index (χ1) is 7.67. The predicted molar refractivity (Wildman–Crippen MR) is 59.3 cm³/mol. The van der Waals surface area contributed by atoms with Crippen LogP contribution >= 0.6 is 0 Å². The molecule has 1 aromatic carbocycles. The Morgan fingerprint density at radius 2 is 2.19 bits per heavy atom. The fourth-order valence-corrected chi connectivity index (χ4v) is 1.25. The zero-order valence-electron chi connectivity index (χ0n) is 9.37. The lowest BCUT2D eigenvalue weighted by Gasteiger charge is -2.13. The number of methoxy groups -OCH3 is 2. The number of rotatable bonds is 6. The molecule has 1 atom stereocenters. The number of anilines is 1. The highest BCUT2D eigenvalue weighted by molar-refractivity contribution is 5.49. The van der Waals surface area contributed by atoms with E-state index >= 15 is 0 Å². The summed E-state index contributed by atoms with van der Waals surface area (Å²) in [5.74, 6) is 0.176. The molecule has 4 nitrogen and oxygen atoms in total. The summed E-state index contributed by atoms with van der Waals surface area (Å²) in [6.07, 6.45) is -0.671.